The molecule has 40 heavy (non-hydrogen) atoms. The van der Waals surface area contributed by atoms with Gasteiger partial charge in [0, 0.05) is 19.5 Å². The summed E-state index contributed by atoms with van der Waals surface area (Å²) in [6.07, 6.45) is -4.99. The lowest BCUT2D eigenvalue weighted by molar-refractivity contribution is -0.202. The molecule has 216 valence electrons. The molecular weight excluding hydrogens is 533 g/mol. The largest absolute Gasteiger partial charge is 0.491 e. The van der Waals surface area contributed by atoms with Crippen molar-refractivity contribution in [3.05, 3.63) is 60.2 Å². The lowest BCUT2D eigenvalue weighted by Gasteiger charge is -2.19. The highest BCUT2D eigenvalue weighted by molar-refractivity contribution is 5.89. The predicted molar refractivity (Wildman–Crippen MR) is 138 cm³/mol. The molecule has 0 fully saturated rings. The average Bonchev–Trinajstić information content (AvgIpc) is 2.92. The van der Waals surface area contributed by atoms with Gasteiger partial charge in [0.15, 0.2) is 0 Å². The second-order valence-corrected chi connectivity index (χ2v) is 8.63. The number of halogens is 3. The van der Waals surface area contributed by atoms with Gasteiger partial charge < -0.3 is 26.0 Å². The van der Waals surface area contributed by atoms with Gasteiger partial charge in [-0.15, -0.1) is 0 Å². The van der Waals surface area contributed by atoms with E-state index in [9.17, 15) is 37.1 Å². The molecule has 2 aromatic carbocycles. The van der Waals surface area contributed by atoms with E-state index in [2.05, 4.69) is 26.0 Å². The number of hydrogen-bond donors (Lipinski definition) is 4. The summed E-state index contributed by atoms with van der Waals surface area (Å²) in [5, 5.41) is 10.1. The van der Waals surface area contributed by atoms with Crippen LogP contribution in [0.5, 0.6) is 0 Å². The van der Waals surface area contributed by atoms with Gasteiger partial charge in [-0.1, -0.05) is 61.5 Å². The average molecular weight is 565 g/mol. The summed E-state index contributed by atoms with van der Waals surface area (Å²) in [6, 6.07) is 14.3. The number of benzene rings is 2. The fourth-order valence-corrected chi connectivity index (χ4v) is 3.42. The Kier molecular flexibility index (Phi) is 12.6. The molecule has 0 aliphatic heterocycles. The Morgan fingerprint density at radius 1 is 0.825 bits per heavy atom. The minimum Gasteiger partial charge on any atom is -0.386 e. The van der Waals surface area contributed by atoms with Gasteiger partial charge >= 0.3 is 24.1 Å². The highest BCUT2D eigenvalue weighted by Crippen LogP contribution is 2.24. The molecule has 0 aromatic heterocycles. The van der Waals surface area contributed by atoms with E-state index in [0.29, 0.717) is 18.5 Å². The second-order valence-electron chi connectivity index (χ2n) is 8.63. The molecule has 4 amide bonds. The summed E-state index contributed by atoms with van der Waals surface area (Å²) in [5.41, 5.74) is 2.07. The third kappa shape index (κ3) is 11.5. The number of carbonyl (C=O) groups is 5. The van der Waals surface area contributed by atoms with Gasteiger partial charge in [-0.05, 0) is 29.5 Å². The topological polar surface area (TPSA) is 143 Å². The number of nitrogens with one attached hydrogen (secondary N) is 4. The van der Waals surface area contributed by atoms with Crippen LogP contribution in [0.15, 0.2) is 54.6 Å². The van der Waals surface area contributed by atoms with Gasteiger partial charge in [0.25, 0.3) is 0 Å². The molecule has 1 unspecified atom stereocenters. The van der Waals surface area contributed by atoms with Crippen LogP contribution >= 0.6 is 0 Å². The molecule has 2 aromatic rings. The monoisotopic (exact) mass is 564 g/mol. The maximum atomic E-state index is 12.5. The number of alkyl halides is 3. The van der Waals surface area contributed by atoms with Crippen LogP contribution in [0.1, 0.15) is 44.2 Å². The Morgan fingerprint density at radius 2 is 1.45 bits per heavy atom. The molecule has 0 radical (unpaired) electrons. The number of rotatable bonds is 13. The Balaban J connectivity index is 1.97. The Morgan fingerprint density at radius 3 is 2.08 bits per heavy atom. The van der Waals surface area contributed by atoms with Crippen LogP contribution < -0.4 is 21.3 Å². The van der Waals surface area contributed by atoms with Crippen molar-refractivity contribution in [2.45, 2.75) is 44.8 Å². The highest BCUT2D eigenvalue weighted by atomic mass is 19.4. The molecule has 4 N–H and O–H groups in total. The van der Waals surface area contributed by atoms with E-state index in [1.807, 2.05) is 37.3 Å². The van der Waals surface area contributed by atoms with Crippen LogP contribution in [0.25, 0.3) is 11.1 Å². The van der Waals surface area contributed by atoms with Crippen molar-refractivity contribution in [2.24, 2.45) is 0 Å². The lowest BCUT2D eigenvalue weighted by atomic mass is 9.99. The van der Waals surface area contributed by atoms with E-state index in [1.165, 1.54) is 0 Å². The van der Waals surface area contributed by atoms with E-state index < -0.39 is 48.9 Å². The number of esters is 2. The standard InChI is InChI=1S/C27H31F3N4O6/c1-2-14-31-26(39)32-15-6-9-22(35)33-17-23(36)34-21(16-24(37)40-25(38)27(28,29)30)20-12-10-19(11-13-20)18-7-4-3-5-8-18/h3-5,7-8,10-13,21H,2,6,9,14-17H2,1H3,(H,33,35)(H,34,36)(H2,31,32,39). The first-order valence-electron chi connectivity index (χ1n) is 12.5. The van der Waals surface area contributed by atoms with Gasteiger partial charge in [-0.3, -0.25) is 14.4 Å². The number of urea groups is 1. The Labute approximate surface area is 229 Å². The zero-order valence-corrected chi connectivity index (χ0v) is 21.8. The molecule has 0 saturated heterocycles. The molecule has 0 heterocycles. The van der Waals surface area contributed by atoms with Crippen molar-refractivity contribution in [3.8, 4) is 11.1 Å². The zero-order valence-electron chi connectivity index (χ0n) is 21.8. The summed E-state index contributed by atoms with van der Waals surface area (Å²) in [7, 11) is 0. The van der Waals surface area contributed by atoms with Crippen LogP contribution in [-0.2, 0) is 23.9 Å². The van der Waals surface area contributed by atoms with Crippen molar-refractivity contribution in [2.75, 3.05) is 19.6 Å². The molecule has 2 rings (SSSR count). The van der Waals surface area contributed by atoms with E-state index in [4.69, 9.17) is 0 Å². The summed E-state index contributed by atoms with van der Waals surface area (Å²) < 4.78 is 41.4. The Hall–Kier alpha value is -4.42. The molecule has 1 atom stereocenters. The molecule has 0 spiro atoms. The van der Waals surface area contributed by atoms with Crippen molar-refractivity contribution in [1.29, 1.82) is 0 Å². The smallest absolute Gasteiger partial charge is 0.386 e. The summed E-state index contributed by atoms with van der Waals surface area (Å²) in [5.74, 6) is -5.34. The van der Waals surface area contributed by atoms with Crippen LogP contribution in [0.2, 0.25) is 0 Å². The van der Waals surface area contributed by atoms with Gasteiger partial charge in [-0.2, -0.15) is 13.2 Å². The molecule has 13 heteroatoms. The fraction of sp³-hybridized carbons (Fsp3) is 0.370. The minimum atomic E-state index is -5.36. The zero-order chi connectivity index (χ0) is 29.5. The molecule has 10 nitrogen and oxygen atoms in total. The maximum absolute atomic E-state index is 12.5. The Bertz CT molecular complexity index is 1160. The maximum Gasteiger partial charge on any atom is 0.491 e. The number of ether oxygens (including phenoxy) is 1. The van der Waals surface area contributed by atoms with Crippen LogP contribution in [-0.4, -0.2) is 55.6 Å². The molecule has 0 saturated carbocycles. The normalized spacial score (nSPS) is 11.6. The lowest BCUT2D eigenvalue weighted by Crippen LogP contribution is -2.40. The minimum absolute atomic E-state index is 0.0254. The second kappa shape index (κ2) is 15.9. The SMILES string of the molecule is CCCNC(=O)NCCCC(=O)NCC(=O)NC(CC(=O)OC(=O)C(F)(F)F)c1ccc(-c2ccccc2)cc1. The quantitative estimate of drug-likeness (QED) is 0.167. The first-order valence-corrected chi connectivity index (χ1v) is 12.5. The fourth-order valence-electron chi connectivity index (χ4n) is 3.42. The molecule has 0 bridgehead atoms. The van der Waals surface area contributed by atoms with Crippen LogP contribution in [0, 0.1) is 0 Å². The number of hydrogen-bond acceptors (Lipinski definition) is 6. The first kappa shape index (κ1) is 31.8. The van der Waals surface area contributed by atoms with Crippen molar-refractivity contribution >= 4 is 29.8 Å². The first-order chi connectivity index (χ1) is 19.0. The van der Waals surface area contributed by atoms with Gasteiger partial charge in [0.05, 0.1) is 19.0 Å². The van der Waals surface area contributed by atoms with Crippen LogP contribution in [0.4, 0.5) is 18.0 Å². The summed E-state index contributed by atoms with van der Waals surface area (Å²) >= 11 is 0. The van der Waals surface area contributed by atoms with E-state index in [1.54, 1.807) is 24.3 Å². The van der Waals surface area contributed by atoms with Crippen molar-refractivity contribution in [3.63, 3.8) is 0 Å². The van der Waals surface area contributed by atoms with E-state index in [0.717, 1.165) is 17.5 Å². The third-order valence-corrected chi connectivity index (χ3v) is 5.41. The predicted octanol–water partition coefficient (Wildman–Crippen LogP) is 3.14. The van der Waals surface area contributed by atoms with Crippen molar-refractivity contribution < 1.29 is 41.9 Å². The summed E-state index contributed by atoms with van der Waals surface area (Å²) in [4.78, 5) is 59.2. The highest BCUT2D eigenvalue weighted by Gasteiger charge is 2.42. The van der Waals surface area contributed by atoms with Gasteiger partial charge in [0.2, 0.25) is 11.8 Å². The molecule has 0 aliphatic carbocycles. The third-order valence-electron chi connectivity index (χ3n) is 5.41. The van der Waals surface area contributed by atoms with Crippen LogP contribution in [0.3, 0.4) is 0 Å². The van der Waals surface area contributed by atoms with E-state index >= 15 is 0 Å². The van der Waals surface area contributed by atoms with Gasteiger partial charge in [0.1, 0.15) is 0 Å². The molecule has 0 aliphatic rings. The number of amides is 4. The van der Waals surface area contributed by atoms with Crippen molar-refractivity contribution in [1.82, 2.24) is 21.3 Å². The summed E-state index contributed by atoms with van der Waals surface area (Å²) in [6.45, 7) is 2.20. The van der Waals surface area contributed by atoms with E-state index in [-0.39, 0.29) is 19.0 Å². The number of carbonyl (C=O) groups excluding carboxylic acids is 5. The molecular formula is C27H31F3N4O6. The van der Waals surface area contributed by atoms with Gasteiger partial charge in [-0.25, -0.2) is 9.59 Å².